The van der Waals surface area contributed by atoms with Gasteiger partial charge in [0.2, 0.25) is 0 Å². The molecule has 8 nitrogen and oxygen atoms in total. The van der Waals surface area contributed by atoms with Crippen molar-refractivity contribution in [1.29, 1.82) is 0 Å². The van der Waals surface area contributed by atoms with Crippen molar-refractivity contribution in [2.24, 2.45) is 0 Å². The van der Waals surface area contributed by atoms with Gasteiger partial charge < -0.3 is 15.0 Å². The van der Waals surface area contributed by atoms with Gasteiger partial charge in [-0.1, -0.05) is 36.4 Å². The molecule has 3 aromatic rings. The van der Waals surface area contributed by atoms with Crippen LogP contribution in [0.4, 0.5) is 10.5 Å². The number of benzene rings is 2. The van der Waals surface area contributed by atoms with E-state index in [-0.39, 0.29) is 30.8 Å². The molecule has 1 aromatic heterocycles. The van der Waals surface area contributed by atoms with Gasteiger partial charge in [0.05, 0.1) is 12.6 Å². The Morgan fingerprint density at radius 3 is 2.57 bits per heavy atom. The van der Waals surface area contributed by atoms with Crippen LogP contribution in [0.5, 0.6) is 5.75 Å². The maximum absolute atomic E-state index is 13.2. The summed E-state index contributed by atoms with van der Waals surface area (Å²) in [6, 6.07) is 17.3. The fraction of sp³-hybridized carbons (Fsp3) is 0.136. The van der Waals surface area contributed by atoms with Crippen molar-refractivity contribution in [3.63, 3.8) is 0 Å². The number of nitrogens with one attached hydrogen (secondary N) is 2. The molecule has 1 aliphatic heterocycles. The van der Waals surface area contributed by atoms with E-state index in [0.717, 1.165) is 11.1 Å². The minimum absolute atomic E-state index is 0.213. The molecule has 0 spiro atoms. The lowest BCUT2D eigenvalue weighted by molar-refractivity contribution is 0.0706. The Morgan fingerprint density at radius 2 is 1.83 bits per heavy atom. The van der Waals surface area contributed by atoms with Gasteiger partial charge in [0.1, 0.15) is 12.4 Å². The molecular weight excluding hydrogens is 384 g/mol. The number of hydroxylamine groups is 1. The van der Waals surface area contributed by atoms with Gasteiger partial charge in [-0.15, -0.1) is 0 Å². The summed E-state index contributed by atoms with van der Waals surface area (Å²) >= 11 is 0. The van der Waals surface area contributed by atoms with Gasteiger partial charge in [-0.2, -0.15) is 0 Å². The van der Waals surface area contributed by atoms with Crippen LogP contribution in [0.25, 0.3) is 0 Å². The molecule has 0 saturated heterocycles. The van der Waals surface area contributed by atoms with Crippen LogP contribution in [0.15, 0.2) is 73.1 Å². The van der Waals surface area contributed by atoms with E-state index in [9.17, 15) is 9.59 Å². The third-order valence-corrected chi connectivity index (χ3v) is 4.92. The minimum Gasteiger partial charge on any atom is -0.491 e. The predicted molar refractivity (Wildman–Crippen MR) is 109 cm³/mol. The molecule has 0 fully saturated rings. The second kappa shape index (κ2) is 8.62. The Labute approximate surface area is 173 Å². The van der Waals surface area contributed by atoms with Crippen molar-refractivity contribution < 1.29 is 19.5 Å². The van der Waals surface area contributed by atoms with Crippen LogP contribution in [-0.2, 0) is 6.54 Å². The Balaban J connectivity index is 1.67. The molecule has 1 unspecified atom stereocenters. The van der Waals surface area contributed by atoms with Crippen LogP contribution in [0.2, 0.25) is 0 Å². The standard InChI is InChI=1S/C22H20N4O4/c27-21(25-29)16-6-7-17-13-26(22(28)24-18-8-10-23-11-9-18)19(14-30-20(17)12-16)15-4-2-1-3-5-15/h1-12,19,29H,13-14H2,(H,25,27)(H,23,24,28). The Hall–Kier alpha value is -3.91. The Morgan fingerprint density at radius 1 is 1.07 bits per heavy atom. The summed E-state index contributed by atoms with van der Waals surface area (Å²) < 4.78 is 5.99. The van der Waals surface area contributed by atoms with Gasteiger partial charge in [0, 0.05) is 29.2 Å². The normalized spacial score (nSPS) is 15.4. The number of carbonyl (C=O) groups is 2. The molecule has 0 radical (unpaired) electrons. The minimum atomic E-state index is -0.627. The molecule has 152 valence electrons. The first-order valence-corrected chi connectivity index (χ1v) is 9.38. The first kappa shape index (κ1) is 19.4. The summed E-state index contributed by atoms with van der Waals surface area (Å²) in [4.78, 5) is 30.6. The third kappa shape index (κ3) is 4.08. The summed E-state index contributed by atoms with van der Waals surface area (Å²) in [5.74, 6) is -0.131. The molecule has 0 aliphatic carbocycles. The highest BCUT2D eigenvalue weighted by molar-refractivity contribution is 5.94. The number of hydrogen-bond acceptors (Lipinski definition) is 5. The number of anilines is 1. The van der Waals surface area contributed by atoms with E-state index >= 15 is 0 Å². The van der Waals surface area contributed by atoms with Crippen molar-refractivity contribution in [1.82, 2.24) is 15.4 Å². The maximum atomic E-state index is 13.2. The first-order chi connectivity index (χ1) is 14.7. The average molecular weight is 404 g/mol. The molecule has 0 bridgehead atoms. The van der Waals surface area contributed by atoms with Gasteiger partial charge >= 0.3 is 6.03 Å². The second-order valence-electron chi connectivity index (χ2n) is 6.79. The summed E-state index contributed by atoms with van der Waals surface area (Å²) in [7, 11) is 0. The lowest BCUT2D eigenvalue weighted by Crippen LogP contribution is -2.38. The van der Waals surface area contributed by atoms with E-state index in [4.69, 9.17) is 9.94 Å². The summed E-state index contributed by atoms with van der Waals surface area (Å²) in [5.41, 5.74) is 4.22. The highest BCUT2D eigenvalue weighted by atomic mass is 16.5. The van der Waals surface area contributed by atoms with E-state index < -0.39 is 5.91 Å². The number of urea groups is 1. The lowest BCUT2D eigenvalue weighted by atomic mass is 10.1. The maximum Gasteiger partial charge on any atom is 0.322 e. The van der Waals surface area contributed by atoms with Crippen molar-refractivity contribution in [2.75, 3.05) is 11.9 Å². The number of carbonyl (C=O) groups excluding carboxylic acids is 2. The monoisotopic (exact) mass is 404 g/mol. The van der Waals surface area contributed by atoms with Crippen LogP contribution >= 0.6 is 0 Å². The molecule has 4 rings (SSSR count). The van der Waals surface area contributed by atoms with Gasteiger partial charge in [-0.3, -0.25) is 15.0 Å². The van der Waals surface area contributed by atoms with Crippen molar-refractivity contribution in [2.45, 2.75) is 12.6 Å². The molecule has 3 N–H and O–H groups in total. The number of fused-ring (bicyclic) bond motifs is 1. The van der Waals surface area contributed by atoms with E-state index in [2.05, 4.69) is 10.3 Å². The summed E-state index contributed by atoms with van der Waals surface area (Å²) in [6.45, 7) is 0.498. The topological polar surface area (TPSA) is 104 Å². The van der Waals surface area contributed by atoms with Crippen molar-refractivity contribution in [3.8, 4) is 5.75 Å². The largest absolute Gasteiger partial charge is 0.491 e. The fourth-order valence-corrected chi connectivity index (χ4v) is 3.37. The highest BCUT2D eigenvalue weighted by Crippen LogP contribution is 2.32. The number of ether oxygens (including phenoxy) is 1. The second-order valence-corrected chi connectivity index (χ2v) is 6.79. The smallest absolute Gasteiger partial charge is 0.322 e. The van der Waals surface area contributed by atoms with Gasteiger partial charge in [0.25, 0.3) is 5.91 Å². The quantitative estimate of drug-likeness (QED) is 0.459. The molecule has 30 heavy (non-hydrogen) atoms. The zero-order valence-corrected chi connectivity index (χ0v) is 16.0. The molecule has 0 saturated carbocycles. The van der Waals surface area contributed by atoms with Gasteiger partial charge in [0.15, 0.2) is 0 Å². The number of rotatable bonds is 3. The molecule has 2 aromatic carbocycles. The number of hydrogen-bond donors (Lipinski definition) is 3. The molecule has 2 heterocycles. The molecule has 1 aliphatic rings. The summed E-state index contributed by atoms with van der Waals surface area (Å²) in [5, 5.41) is 11.8. The Bertz CT molecular complexity index is 1040. The van der Waals surface area contributed by atoms with Crippen LogP contribution in [0, 0.1) is 0 Å². The average Bonchev–Trinajstić information content (AvgIpc) is 2.99. The fourth-order valence-electron chi connectivity index (χ4n) is 3.37. The summed E-state index contributed by atoms with van der Waals surface area (Å²) in [6.07, 6.45) is 3.22. The molecule has 8 heteroatoms. The number of pyridine rings is 1. The Kier molecular flexibility index (Phi) is 5.58. The van der Waals surface area contributed by atoms with E-state index in [1.54, 1.807) is 53.1 Å². The van der Waals surface area contributed by atoms with Crippen molar-refractivity contribution in [3.05, 3.63) is 89.7 Å². The van der Waals surface area contributed by atoms with Crippen LogP contribution < -0.4 is 15.5 Å². The zero-order valence-electron chi connectivity index (χ0n) is 16.0. The lowest BCUT2D eigenvalue weighted by Gasteiger charge is -2.29. The van der Waals surface area contributed by atoms with Gasteiger partial charge in [-0.05, 0) is 29.8 Å². The predicted octanol–water partition coefficient (Wildman–Crippen LogP) is 3.37. The first-order valence-electron chi connectivity index (χ1n) is 9.38. The van der Waals surface area contributed by atoms with E-state index in [1.165, 1.54) is 0 Å². The van der Waals surface area contributed by atoms with Crippen LogP contribution in [0.3, 0.4) is 0 Å². The molecule has 3 amide bonds. The third-order valence-electron chi connectivity index (χ3n) is 4.92. The van der Waals surface area contributed by atoms with Gasteiger partial charge in [-0.25, -0.2) is 10.3 Å². The van der Waals surface area contributed by atoms with E-state index in [0.29, 0.717) is 11.4 Å². The van der Waals surface area contributed by atoms with Crippen molar-refractivity contribution >= 4 is 17.6 Å². The molecule has 1 atom stereocenters. The highest BCUT2D eigenvalue weighted by Gasteiger charge is 2.30. The molecular formula is C22H20N4O4. The van der Waals surface area contributed by atoms with E-state index in [1.807, 2.05) is 30.3 Å². The zero-order chi connectivity index (χ0) is 20.9. The number of nitrogens with zero attached hydrogens (tertiary/aromatic N) is 2. The number of amides is 3. The SMILES string of the molecule is O=C(NO)c1ccc2c(c1)OCC(c1ccccc1)N(C(=O)Nc1ccncc1)C2. The van der Waals surface area contributed by atoms with Crippen LogP contribution in [0.1, 0.15) is 27.5 Å². The van der Waals surface area contributed by atoms with Crippen LogP contribution in [-0.4, -0.2) is 33.6 Å². The number of aromatic nitrogens is 1.